The lowest BCUT2D eigenvalue weighted by atomic mass is 10.1. The van der Waals surface area contributed by atoms with Crippen molar-refractivity contribution >= 4 is 0 Å². The molecule has 2 heterocycles. The van der Waals surface area contributed by atoms with Crippen LogP contribution in [0.25, 0.3) is 11.3 Å². The zero-order valence-electron chi connectivity index (χ0n) is 14.0. The van der Waals surface area contributed by atoms with Gasteiger partial charge < -0.3 is 9.63 Å². The molecule has 6 heteroatoms. The molecule has 126 valence electrons. The predicted octanol–water partition coefficient (Wildman–Crippen LogP) is 2.47. The van der Waals surface area contributed by atoms with Gasteiger partial charge in [-0.2, -0.15) is 5.10 Å². The summed E-state index contributed by atoms with van der Waals surface area (Å²) in [7, 11) is 2.04. The summed E-state index contributed by atoms with van der Waals surface area (Å²) in [4.78, 5) is 2.16. The molecule has 0 saturated heterocycles. The first-order valence-corrected chi connectivity index (χ1v) is 7.99. The lowest BCUT2D eigenvalue weighted by molar-refractivity contribution is 0.265. The van der Waals surface area contributed by atoms with Crippen molar-refractivity contribution in [2.24, 2.45) is 0 Å². The zero-order chi connectivity index (χ0) is 16.9. The lowest BCUT2D eigenvalue weighted by Crippen LogP contribution is -2.17. The van der Waals surface area contributed by atoms with Gasteiger partial charge in [0.1, 0.15) is 5.69 Å². The Balaban J connectivity index is 1.63. The van der Waals surface area contributed by atoms with Crippen LogP contribution >= 0.6 is 0 Å². The number of aliphatic hydroxyl groups excluding tert-OH is 1. The number of aromatic nitrogens is 3. The quantitative estimate of drug-likeness (QED) is 0.722. The van der Waals surface area contributed by atoms with Crippen molar-refractivity contribution in [3.63, 3.8) is 0 Å². The molecule has 0 aliphatic rings. The van der Waals surface area contributed by atoms with Crippen LogP contribution in [0.5, 0.6) is 0 Å². The maximum Gasteiger partial charge on any atom is 0.151 e. The molecule has 0 atom stereocenters. The average molecular weight is 326 g/mol. The highest BCUT2D eigenvalue weighted by Crippen LogP contribution is 2.19. The molecular formula is C18H22N4O2. The van der Waals surface area contributed by atoms with E-state index in [0.29, 0.717) is 13.1 Å². The molecule has 3 rings (SSSR count). The van der Waals surface area contributed by atoms with Gasteiger partial charge in [0.05, 0.1) is 25.4 Å². The van der Waals surface area contributed by atoms with Crippen molar-refractivity contribution in [2.75, 3.05) is 13.7 Å². The molecule has 1 N–H and O–H groups in total. The van der Waals surface area contributed by atoms with E-state index in [-0.39, 0.29) is 6.61 Å². The van der Waals surface area contributed by atoms with E-state index in [0.717, 1.165) is 34.8 Å². The van der Waals surface area contributed by atoms with Gasteiger partial charge in [0.2, 0.25) is 0 Å². The number of rotatable bonds is 7. The highest BCUT2D eigenvalue weighted by Gasteiger charge is 2.12. The third-order valence-electron chi connectivity index (χ3n) is 3.87. The first-order valence-electron chi connectivity index (χ1n) is 7.99. The van der Waals surface area contributed by atoms with E-state index >= 15 is 0 Å². The largest absolute Gasteiger partial charge is 0.394 e. The highest BCUT2D eigenvalue weighted by molar-refractivity contribution is 5.58. The van der Waals surface area contributed by atoms with E-state index < -0.39 is 0 Å². The second-order valence-electron chi connectivity index (χ2n) is 5.94. The standard InChI is InChI=1S/C18H22N4O2/c1-14-16(12-22(19-14)8-9-23)11-21(2)13-17-10-18(20-24-17)15-6-4-3-5-7-15/h3-7,10,12,23H,8-9,11,13H2,1-2H3. The van der Waals surface area contributed by atoms with E-state index in [1.54, 1.807) is 4.68 Å². The molecule has 6 nitrogen and oxygen atoms in total. The molecular weight excluding hydrogens is 304 g/mol. The van der Waals surface area contributed by atoms with E-state index in [2.05, 4.69) is 15.2 Å². The Bertz CT molecular complexity index is 779. The van der Waals surface area contributed by atoms with Crippen molar-refractivity contribution in [3.05, 3.63) is 59.6 Å². The minimum atomic E-state index is 0.0940. The first kappa shape index (κ1) is 16.4. The summed E-state index contributed by atoms with van der Waals surface area (Å²) in [6, 6.07) is 12.0. The fraction of sp³-hybridized carbons (Fsp3) is 0.333. The minimum Gasteiger partial charge on any atom is -0.394 e. The molecule has 2 aromatic heterocycles. The van der Waals surface area contributed by atoms with Gasteiger partial charge in [-0.25, -0.2) is 0 Å². The minimum absolute atomic E-state index is 0.0940. The molecule has 0 aliphatic heterocycles. The van der Waals surface area contributed by atoms with Gasteiger partial charge in [0.25, 0.3) is 0 Å². The van der Waals surface area contributed by atoms with Crippen LogP contribution in [0.2, 0.25) is 0 Å². The maximum atomic E-state index is 9.00. The smallest absolute Gasteiger partial charge is 0.151 e. The summed E-state index contributed by atoms with van der Waals surface area (Å²) in [5, 5.41) is 17.5. The van der Waals surface area contributed by atoms with Crippen LogP contribution in [0.1, 0.15) is 17.0 Å². The van der Waals surface area contributed by atoms with Gasteiger partial charge in [-0.05, 0) is 14.0 Å². The molecule has 0 unspecified atom stereocenters. The van der Waals surface area contributed by atoms with Crippen molar-refractivity contribution < 1.29 is 9.63 Å². The normalized spacial score (nSPS) is 11.3. The Hall–Kier alpha value is -2.44. The third-order valence-corrected chi connectivity index (χ3v) is 3.87. The summed E-state index contributed by atoms with van der Waals surface area (Å²) in [6.45, 7) is 4.03. The van der Waals surface area contributed by atoms with Crippen molar-refractivity contribution in [3.8, 4) is 11.3 Å². The SMILES string of the molecule is Cc1nn(CCO)cc1CN(C)Cc1cc(-c2ccccc2)no1. The highest BCUT2D eigenvalue weighted by atomic mass is 16.5. The maximum absolute atomic E-state index is 9.00. The van der Waals surface area contributed by atoms with Gasteiger partial charge in [-0.15, -0.1) is 0 Å². The number of aliphatic hydroxyl groups is 1. The number of nitrogens with zero attached hydrogens (tertiary/aromatic N) is 4. The summed E-state index contributed by atoms with van der Waals surface area (Å²) < 4.78 is 7.23. The summed E-state index contributed by atoms with van der Waals surface area (Å²) in [6.07, 6.45) is 1.98. The van der Waals surface area contributed by atoms with Gasteiger partial charge in [0, 0.05) is 29.9 Å². The number of hydrogen-bond donors (Lipinski definition) is 1. The average Bonchev–Trinajstić information content (AvgIpc) is 3.16. The van der Waals surface area contributed by atoms with Crippen LogP contribution in [0.4, 0.5) is 0 Å². The van der Waals surface area contributed by atoms with Crippen molar-refractivity contribution in [1.29, 1.82) is 0 Å². The predicted molar refractivity (Wildman–Crippen MR) is 91.2 cm³/mol. The molecule has 0 spiro atoms. The van der Waals surface area contributed by atoms with E-state index in [1.165, 1.54) is 0 Å². The number of benzene rings is 1. The van der Waals surface area contributed by atoms with Gasteiger partial charge in [-0.3, -0.25) is 9.58 Å². The van der Waals surface area contributed by atoms with Crippen molar-refractivity contribution in [1.82, 2.24) is 19.8 Å². The Morgan fingerprint density at radius 1 is 1.21 bits per heavy atom. The van der Waals surface area contributed by atoms with Gasteiger partial charge in [0.15, 0.2) is 5.76 Å². The monoisotopic (exact) mass is 326 g/mol. The molecule has 0 fully saturated rings. The van der Waals surface area contributed by atoms with Crippen molar-refractivity contribution in [2.45, 2.75) is 26.6 Å². The first-order chi connectivity index (χ1) is 11.7. The van der Waals surface area contributed by atoms with Gasteiger partial charge in [-0.1, -0.05) is 35.5 Å². The number of hydrogen-bond acceptors (Lipinski definition) is 5. The molecule has 0 amide bonds. The number of aryl methyl sites for hydroxylation is 1. The second kappa shape index (κ2) is 7.42. The third kappa shape index (κ3) is 3.90. The fourth-order valence-electron chi connectivity index (χ4n) is 2.68. The Morgan fingerprint density at radius 2 is 2.00 bits per heavy atom. The summed E-state index contributed by atoms with van der Waals surface area (Å²) in [5.41, 5.74) is 4.04. The molecule has 1 aromatic carbocycles. The van der Waals surface area contributed by atoms with Gasteiger partial charge >= 0.3 is 0 Å². The van der Waals surface area contributed by atoms with E-state index in [9.17, 15) is 0 Å². The van der Waals surface area contributed by atoms with E-state index in [4.69, 9.17) is 9.63 Å². The van der Waals surface area contributed by atoms with Crippen LogP contribution in [0, 0.1) is 6.92 Å². The van der Waals surface area contributed by atoms with Crippen LogP contribution in [0.15, 0.2) is 47.1 Å². The molecule has 0 aliphatic carbocycles. The second-order valence-corrected chi connectivity index (χ2v) is 5.94. The van der Waals surface area contributed by atoms with Crippen LogP contribution in [0.3, 0.4) is 0 Å². The summed E-state index contributed by atoms with van der Waals surface area (Å²) >= 11 is 0. The van der Waals surface area contributed by atoms with Crippen LogP contribution < -0.4 is 0 Å². The molecule has 0 bridgehead atoms. The van der Waals surface area contributed by atoms with Crippen LogP contribution in [-0.4, -0.2) is 38.6 Å². The zero-order valence-corrected chi connectivity index (χ0v) is 14.0. The fourth-order valence-corrected chi connectivity index (χ4v) is 2.68. The topological polar surface area (TPSA) is 67.3 Å². The Morgan fingerprint density at radius 3 is 2.75 bits per heavy atom. The molecule has 3 aromatic rings. The Kier molecular flexibility index (Phi) is 5.08. The lowest BCUT2D eigenvalue weighted by Gasteiger charge is -2.13. The Labute approximate surface area is 141 Å². The molecule has 0 radical (unpaired) electrons. The molecule has 0 saturated carbocycles. The van der Waals surface area contributed by atoms with E-state index in [1.807, 2.05) is 56.6 Å². The molecule has 24 heavy (non-hydrogen) atoms. The summed E-state index contributed by atoms with van der Waals surface area (Å²) in [5.74, 6) is 0.830. The van der Waals surface area contributed by atoms with Crippen LogP contribution in [-0.2, 0) is 19.6 Å².